The maximum atomic E-state index is 14.8. The van der Waals surface area contributed by atoms with Crippen LogP contribution in [0.3, 0.4) is 0 Å². The summed E-state index contributed by atoms with van der Waals surface area (Å²) < 4.78 is 90.2. The Balaban J connectivity index is 1.07. The summed E-state index contributed by atoms with van der Waals surface area (Å²) in [6, 6.07) is 26.9. The molecule has 8 rings (SSSR count). The van der Waals surface area contributed by atoms with Crippen molar-refractivity contribution in [1.29, 1.82) is 0 Å². The number of hydrogen-bond donors (Lipinski definition) is 3. The number of benzene rings is 5. The first-order valence-electron chi connectivity index (χ1n) is 27.6. The molecular formula is C60H69FN6O16S3. The molecule has 0 saturated heterocycles. The van der Waals surface area contributed by atoms with Crippen LogP contribution in [-0.2, 0) is 69.6 Å². The molecule has 0 spiro atoms. The Labute approximate surface area is 506 Å². The lowest BCUT2D eigenvalue weighted by Crippen LogP contribution is -2.39. The van der Waals surface area contributed by atoms with Crippen molar-refractivity contribution in [2.45, 2.75) is 75.2 Å². The standard InChI is InChI=1S/C60H69FN6O16S3/c1-60(2,85-84-26-17-55(86(73,74)75)59(72)83-64-56(69)15-10-20-68)38-65(19-21-79-24-25-80-23-22-76-3)43-28-39(36-81-53-33-47-45(31-51(53)77-4)58(71)67-44(35-62-47)30-42-12-7-9-14-50(42)67)27-40(29-43)37-82-54-34-48(63-61)46(32-52(54)78-5)57(70)66-18-16-41-11-6-8-13-49(41)66/h6-9,11-14,20,27-29,31-35,44,55,63H,10,15-19,21-26,30,36-38H2,1-5H3,(H,64,69)(H,73,74,75)/t44-,55?/m0/s1. The number of carbonyl (C=O) groups is 5. The average Bonchev–Trinajstić information content (AvgIpc) is 1.75. The molecule has 0 aliphatic carbocycles. The summed E-state index contributed by atoms with van der Waals surface area (Å²) in [5.74, 6) is -1.86. The van der Waals surface area contributed by atoms with Crippen LogP contribution in [0.15, 0.2) is 96.0 Å². The predicted molar refractivity (Wildman–Crippen MR) is 326 cm³/mol. The van der Waals surface area contributed by atoms with Crippen molar-refractivity contribution in [1.82, 2.24) is 5.48 Å². The van der Waals surface area contributed by atoms with E-state index >= 15 is 0 Å². The molecule has 22 nitrogen and oxygen atoms in total. The molecule has 2 atom stereocenters. The van der Waals surface area contributed by atoms with Crippen LogP contribution in [-0.4, -0.2) is 145 Å². The Morgan fingerprint density at radius 1 is 0.860 bits per heavy atom. The van der Waals surface area contributed by atoms with E-state index in [9.17, 15) is 41.4 Å². The van der Waals surface area contributed by atoms with Crippen LogP contribution in [0.4, 0.5) is 32.9 Å². The van der Waals surface area contributed by atoms with Crippen LogP contribution in [0.2, 0.25) is 0 Å². The topological polar surface area (TPSA) is 260 Å². The molecular weight excluding hydrogens is 1180 g/mol. The molecule has 0 aromatic heterocycles. The van der Waals surface area contributed by atoms with Gasteiger partial charge >= 0.3 is 5.97 Å². The molecule has 3 aliphatic rings. The van der Waals surface area contributed by atoms with Gasteiger partial charge in [-0.05, 0) is 91.4 Å². The number of fused-ring (bicyclic) bond motifs is 5. The molecule has 5 aromatic carbocycles. The first-order chi connectivity index (χ1) is 41.4. The van der Waals surface area contributed by atoms with Gasteiger partial charge in [0, 0.05) is 91.9 Å². The highest BCUT2D eigenvalue weighted by Gasteiger charge is 2.38. The van der Waals surface area contributed by atoms with E-state index < -0.39 is 37.9 Å². The van der Waals surface area contributed by atoms with Crippen LogP contribution in [0, 0.1) is 0 Å². The lowest BCUT2D eigenvalue weighted by molar-refractivity contribution is -0.158. The van der Waals surface area contributed by atoms with Gasteiger partial charge in [0.1, 0.15) is 19.5 Å². The minimum atomic E-state index is -4.96. The van der Waals surface area contributed by atoms with E-state index in [1.807, 2.05) is 86.1 Å². The average molecular weight is 1250 g/mol. The van der Waals surface area contributed by atoms with Crippen molar-refractivity contribution in [3.63, 3.8) is 0 Å². The minimum Gasteiger partial charge on any atom is -0.493 e. The number of aldehydes is 1. The van der Waals surface area contributed by atoms with Gasteiger partial charge in [0.05, 0.1) is 75.8 Å². The van der Waals surface area contributed by atoms with Gasteiger partial charge in [-0.2, -0.15) is 13.9 Å². The number of anilines is 4. The molecule has 3 aliphatic heterocycles. The zero-order valence-electron chi connectivity index (χ0n) is 48.2. The number of aliphatic imine (C=N–C) groups is 1. The smallest absolute Gasteiger partial charge is 0.352 e. The molecule has 3 N–H and O–H groups in total. The van der Waals surface area contributed by atoms with Crippen molar-refractivity contribution < 1.29 is 79.4 Å². The van der Waals surface area contributed by atoms with Gasteiger partial charge in [-0.15, -0.1) is 4.48 Å². The third kappa shape index (κ3) is 16.5. The summed E-state index contributed by atoms with van der Waals surface area (Å²) in [6.45, 7) is 6.62. The van der Waals surface area contributed by atoms with Crippen molar-refractivity contribution in [2.24, 2.45) is 4.99 Å². The van der Waals surface area contributed by atoms with Crippen molar-refractivity contribution >= 4 is 96.3 Å². The van der Waals surface area contributed by atoms with Crippen LogP contribution in [0.25, 0.3) is 0 Å². The zero-order valence-corrected chi connectivity index (χ0v) is 50.7. The third-order valence-electron chi connectivity index (χ3n) is 14.1. The minimum absolute atomic E-state index is 0.0254. The molecule has 0 bridgehead atoms. The zero-order chi connectivity index (χ0) is 61.4. The summed E-state index contributed by atoms with van der Waals surface area (Å²) in [6.07, 6.45) is 2.74. The molecule has 26 heteroatoms. The van der Waals surface area contributed by atoms with E-state index in [4.69, 9.17) is 38.2 Å². The molecule has 460 valence electrons. The molecule has 0 radical (unpaired) electrons. The Morgan fingerprint density at radius 2 is 1.52 bits per heavy atom. The number of amides is 3. The molecule has 3 heterocycles. The Kier molecular flexibility index (Phi) is 22.7. The van der Waals surface area contributed by atoms with Gasteiger partial charge < -0.3 is 52.6 Å². The number of ether oxygens (including phenoxy) is 7. The van der Waals surface area contributed by atoms with Crippen LogP contribution in [0.5, 0.6) is 23.0 Å². The predicted octanol–water partition coefficient (Wildman–Crippen LogP) is 8.49. The summed E-state index contributed by atoms with van der Waals surface area (Å²) in [7, 11) is 2.19. The Bertz CT molecular complexity index is 3390. The summed E-state index contributed by atoms with van der Waals surface area (Å²) in [5.41, 5.74) is 9.79. The van der Waals surface area contributed by atoms with Gasteiger partial charge in [-0.25, -0.2) is 10.3 Å². The molecule has 5 aromatic rings. The molecule has 1 unspecified atom stereocenters. The van der Waals surface area contributed by atoms with Gasteiger partial charge in [0.15, 0.2) is 28.2 Å². The number of nitrogens with zero attached hydrogens (tertiary/aromatic N) is 4. The number of rotatable bonds is 32. The lowest BCUT2D eigenvalue weighted by atomic mass is 10.1. The monoisotopic (exact) mass is 1240 g/mol. The van der Waals surface area contributed by atoms with E-state index in [1.165, 1.54) is 47.9 Å². The number of halogens is 1. The number of methoxy groups -OCH3 is 3. The quantitative estimate of drug-likeness (QED) is 0.00910. The van der Waals surface area contributed by atoms with Crippen LogP contribution in [0.1, 0.15) is 76.1 Å². The molecule has 0 saturated carbocycles. The largest absolute Gasteiger partial charge is 0.493 e. The maximum absolute atomic E-state index is 14.8. The number of nitrogens with one attached hydrogen (secondary N) is 2. The van der Waals surface area contributed by atoms with Crippen LogP contribution < -0.4 is 44.7 Å². The second kappa shape index (κ2) is 30.3. The fraction of sp³-hybridized carbons (Fsp3) is 0.400. The number of hydroxylamine groups is 1. The first kappa shape index (κ1) is 64.5. The highest BCUT2D eigenvalue weighted by atomic mass is 33.1. The van der Waals surface area contributed by atoms with Crippen molar-refractivity contribution in [3.8, 4) is 23.0 Å². The summed E-state index contributed by atoms with van der Waals surface area (Å²) in [5, 5.41) is -2.01. The van der Waals surface area contributed by atoms with E-state index in [-0.39, 0.29) is 86.1 Å². The van der Waals surface area contributed by atoms with Gasteiger partial charge in [-0.3, -0.25) is 28.8 Å². The number of carbonyl (C=O) groups excluding carboxylic acids is 5. The fourth-order valence-corrected chi connectivity index (χ4v) is 13.4. The van der Waals surface area contributed by atoms with E-state index in [0.717, 1.165) is 22.5 Å². The molecule has 0 fully saturated rings. The Hall–Kier alpha value is -7.46. The SMILES string of the molecule is COCCOCCOCCN(CC(C)(C)SSCCC(C(=O)ONC(=O)CCC=O)S(=O)(=O)O)c1cc(COc2cc3c(cc2OC)C(=O)N2c4ccccc4C[C@H]2C=N3)cc(COc2cc(NF)c(C(=O)N3CCc4ccccc43)cc2OC)c1. The van der Waals surface area contributed by atoms with Gasteiger partial charge in [-0.1, -0.05) is 58.0 Å². The fourth-order valence-electron chi connectivity index (χ4n) is 9.97. The molecule has 3 amide bonds. The van der Waals surface area contributed by atoms with E-state index in [0.29, 0.717) is 98.1 Å². The number of hydrogen-bond acceptors (Lipinski definition) is 20. The van der Waals surface area contributed by atoms with Crippen LogP contribution >= 0.6 is 21.6 Å². The number of para-hydroxylation sites is 2. The molecule has 86 heavy (non-hydrogen) atoms. The van der Waals surface area contributed by atoms with Crippen molar-refractivity contribution in [3.05, 3.63) is 124 Å². The van der Waals surface area contributed by atoms with E-state index in [1.54, 1.807) is 40.8 Å². The highest BCUT2D eigenvalue weighted by molar-refractivity contribution is 8.77. The lowest BCUT2D eigenvalue weighted by Gasteiger charge is -2.34. The van der Waals surface area contributed by atoms with Gasteiger partial charge in [0.2, 0.25) is 0 Å². The van der Waals surface area contributed by atoms with E-state index in [2.05, 4.69) is 9.74 Å². The first-order valence-corrected chi connectivity index (χ1v) is 31.4. The van der Waals surface area contributed by atoms with Crippen molar-refractivity contribution in [2.75, 3.05) is 100.0 Å². The third-order valence-corrected chi connectivity index (χ3v) is 18.5. The van der Waals surface area contributed by atoms with Gasteiger partial charge in [0.25, 0.3) is 27.8 Å². The second-order valence-corrected chi connectivity index (χ2v) is 25.4. The maximum Gasteiger partial charge on any atom is 0.352 e. The normalized spacial score (nSPS) is 14.5. The highest BCUT2D eigenvalue weighted by Crippen LogP contribution is 2.43. The summed E-state index contributed by atoms with van der Waals surface area (Å²) in [4.78, 5) is 78.6. The second-order valence-electron chi connectivity index (χ2n) is 20.7. The Morgan fingerprint density at radius 3 is 2.21 bits per heavy atom. The summed E-state index contributed by atoms with van der Waals surface area (Å²) >= 11 is 0.